The standard InChI is InChI=1S/C21H27BF2O4Si/c1-20(2)21(3,4)28-22(27-20)14-9-12(10-16(25)26)8-13-11-15(29(5,6)7)18(23)19(24)17(13)14/h8-9,11H,10H2,1-7H3,(H,25,26). The Morgan fingerprint density at radius 2 is 1.59 bits per heavy atom. The van der Waals surface area contributed by atoms with E-state index in [1.165, 1.54) is 0 Å². The van der Waals surface area contributed by atoms with E-state index in [9.17, 15) is 14.3 Å². The molecule has 1 aliphatic heterocycles. The molecule has 1 N–H and O–H groups in total. The first-order valence-electron chi connectivity index (χ1n) is 9.66. The number of aliphatic carboxylic acids is 1. The average Bonchev–Trinajstić information content (AvgIpc) is 2.76. The Labute approximate surface area is 171 Å². The van der Waals surface area contributed by atoms with Gasteiger partial charge in [0.2, 0.25) is 0 Å². The lowest BCUT2D eigenvalue weighted by molar-refractivity contribution is -0.136. The van der Waals surface area contributed by atoms with E-state index in [1.807, 2.05) is 47.3 Å². The first-order valence-corrected chi connectivity index (χ1v) is 13.2. The number of carbonyl (C=O) groups is 1. The van der Waals surface area contributed by atoms with E-state index in [-0.39, 0.29) is 11.8 Å². The molecule has 1 aliphatic rings. The zero-order valence-corrected chi connectivity index (χ0v) is 18.9. The summed E-state index contributed by atoms with van der Waals surface area (Å²) in [4.78, 5) is 11.3. The van der Waals surface area contributed by atoms with Gasteiger partial charge in [-0.25, -0.2) is 8.78 Å². The van der Waals surface area contributed by atoms with Crippen molar-refractivity contribution in [2.45, 2.75) is 65.0 Å². The van der Waals surface area contributed by atoms with Crippen molar-refractivity contribution in [2.75, 3.05) is 0 Å². The number of carboxylic acid groups (broad SMARTS) is 1. The van der Waals surface area contributed by atoms with E-state index in [1.54, 1.807) is 18.2 Å². The average molecular weight is 420 g/mol. The van der Waals surface area contributed by atoms with Gasteiger partial charge >= 0.3 is 13.1 Å². The highest BCUT2D eigenvalue weighted by Crippen LogP contribution is 2.37. The predicted molar refractivity (Wildman–Crippen MR) is 114 cm³/mol. The van der Waals surface area contributed by atoms with E-state index in [2.05, 4.69) is 0 Å². The van der Waals surface area contributed by atoms with Crippen LogP contribution >= 0.6 is 0 Å². The maximum absolute atomic E-state index is 15.3. The molecule has 0 unspecified atom stereocenters. The van der Waals surface area contributed by atoms with Crippen LogP contribution in [0.15, 0.2) is 18.2 Å². The summed E-state index contributed by atoms with van der Waals surface area (Å²) in [6, 6.07) is 4.82. The van der Waals surface area contributed by atoms with Crippen LogP contribution in [0.25, 0.3) is 10.8 Å². The molecule has 0 spiro atoms. The molecule has 0 aliphatic carbocycles. The molecule has 2 aromatic carbocycles. The lowest BCUT2D eigenvalue weighted by Gasteiger charge is -2.32. The first kappa shape index (κ1) is 21.9. The Balaban J connectivity index is 2.31. The number of fused-ring (bicyclic) bond motifs is 1. The summed E-state index contributed by atoms with van der Waals surface area (Å²) in [7, 11) is -3.09. The summed E-state index contributed by atoms with van der Waals surface area (Å²) in [5.41, 5.74) is -0.529. The minimum Gasteiger partial charge on any atom is -0.481 e. The molecule has 1 heterocycles. The summed E-state index contributed by atoms with van der Waals surface area (Å²) in [6.07, 6.45) is -0.232. The molecule has 0 aromatic heterocycles. The molecule has 0 amide bonds. The number of hydrogen-bond donors (Lipinski definition) is 1. The Morgan fingerprint density at radius 3 is 2.07 bits per heavy atom. The van der Waals surface area contributed by atoms with Gasteiger partial charge in [-0.2, -0.15) is 0 Å². The maximum Gasteiger partial charge on any atom is 0.495 e. The third kappa shape index (κ3) is 3.85. The monoisotopic (exact) mass is 420 g/mol. The molecule has 0 bridgehead atoms. The second kappa shape index (κ2) is 6.89. The van der Waals surface area contributed by atoms with Crippen molar-refractivity contribution in [3.63, 3.8) is 0 Å². The van der Waals surface area contributed by atoms with Crippen LogP contribution in [0.3, 0.4) is 0 Å². The topological polar surface area (TPSA) is 55.8 Å². The fourth-order valence-electron chi connectivity index (χ4n) is 3.54. The van der Waals surface area contributed by atoms with E-state index >= 15 is 4.39 Å². The SMILES string of the molecule is CC1(C)OB(c2cc(CC(=O)O)cc3cc([Si](C)(C)C)c(F)c(F)c23)OC1(C)C. The maximum atomic E-state index is 15.3. The van der Waals surface area contributed by atoms with Crippen LogP contribution in [0.4, 0.5) is 8.78 Å². The van der Waals surface area contributed by atoms with Gasteiger partial charge < -0.3 is 14.4 Å². The number of benzene rings is 2. The Morgan fingerprint density at radius 1 is 1.03 bits per heavy atom. The molecule has 2 aromatic rings. The van der Waals surface area contributed by atoms with Gasteiger partial charge in [-0.15, -0.1) is 0 Å². The quantitative estimate of drug-likeness (QED) is 0.769. The molecule has 0 saturated carbocycles. The molecule has 8 heteroatoms. The molecule has 1 saturated heterocycles. The number of rotatable bonds is 4. The van der Waals surface area contributed by atoms with Gasteiger partial charge in [-0.05, 0) is 49.3 Å². The highest BCUT2D eigenvalue weighted by Gasteiger charge is 2.52. The summed E-state index contributed by atoms with van der Waals surface area (Å²) in [6.45, 7) is 13.3. The van der Waals surface area contributed by atoms with Crippen LogP contribution < -0.4 is 10.6 Å². The van der Waals surface area contributed by atoms with Gasteiger partial charge in [0.1, 0.15) is 0 Å². The second-order valence-corrected chi connectivity index (χ2v) is 14.8. The van der Waals surface area contributed by atoms with Crippen molar-refractivity contribution in [3.8, 4) is 0 Å². The second-order valence-electron chi connectivity index (χ2n) is 9.74. The molecule has 29 heavy (non-hydrogen) atoms. The van der Waals surface area contributed by atoms with Crippen LogP contribution in [0, 0.1) is 11.6 Å². The Kier molecular flexibility index (Phi) is 5.21. The zero-order chi connectivity index (χ0) is 21.9. The van der Waals surface area contributed by atoms with E-state index in [0.29, 0.717) is 21.6 Å². The first-order chi connectivity index (χ1) is 13.1. The molecule has 1 fully saturated rings. The Bertz CT molecular complexity index is 983. The fourth-order valence-corrected chi connectivity index (χ4v) is 4.90. The molecule has 3 rings (SSSR count). The van der Waals surface area contributed by atoms with Crippen LogP contribution in [0.2, 0.25) is 19.6 Å². The highest BCUT2D eigenvalue weighted by molar-refractivity contribution is 6.89. The van der Waals surface area contributed by atoms with Crippen molar-refractivity contribution < 1.29 is 28.0 Å². The summed E-state index contributed by atoms with van der Waals surface area (Å²) < 4.78 is 42.4. The van der Waals surface area contributed by atoms with Crippen molar-refractivity contribution in [3.05, 3.63) is 35.4 Å². The van der Waals surface area contributed by atoms with Gasteiger partial charge in [0, 0.05) is 5.39 Å². The van der Waals surface area contributed by atoms with Crippen LogP contribution in [-0.2, 0) is 20.5 Å². The van der Waals surface area contributed by atoms with E-state index in [0.717, 1.165) is 0 Å². The van der Waals surface area contributed by atoms with Gasteiger partial charge in [-0.3, -0.25) is 4.79 Å². The highest BCUT2D eigenvalue weighted by atomic mass is 28.3. The lowest BCUT2D eigenvalue weighted by atomic mass is 9.74. The lowest BCUT2D eigenvalue weighted by Crippen LogP contribution is -2.42. The van der Waals surface area contributed by atoms with Crippen LogP contribution in [-0.4, -0.2) is 37.5 Å². The molecule has 156 valence electrons. The predicted octanol–water partition coefficient (Wildman–Crippen LogP) is 3.59. The van der Waals surface area contributed by atoms with Crippen molar-refractivity contribution in [2.24, 2.45) is 0 Å². The fraction of sp³-hybridized carbons (Fsp3) is 0.476. The molecule has 0 atom stereocenters. The number of halogens is 2. The van der Waals surface area contributed by atoms with Crippen molar-refractivity contribution in [1.29, 1.82) is 0 Å². The van der Waals surface area contributed by atoms with Crippen LogP contribution in [0.1, 0.15) is 33.3 Å². The third-order valence-electron chi connectivity index (χ3n) is 5.88. The third-order valence-corrected chi connectivity index (χ3v) is 7.86. The van der Waals surface area contributed by atoms with E-state index in [4.69, 9.17) is 9.31 Å². The molecular weight excluding hydrogens is 393 g/mol. The van der Waals surface area contributed by atoms with Gasteiger partial charge in [-0.1, -0.05) is 37.8 Å². The normalized spacial score (nSPS) is 18.4. The van der Waals surface area contributed by atoms with Crippen molar-refractivity contribution >= 4 is 42.6 Å². The van der Waals surface area contributed by atoms with E-state index < -0.39 is 44.0 Å². The summed E-state index contributed by atoms with van der Waals surface area (Å²) >= 11 is 0. The minimum absolute atomic E-state index is 0.0807. The summed E-state index contributed by atoms with van der Waals surface area (Å²) in [5, 5.41) is 10.2. The molecule has 0 radical (unpaired) electrons. The number of carboxylic acids is 1. The molecular formula is C21H27BF2O4Si. The van der Waals surface area contributed by atoms with Crippen LogP contribution in [0.5, 0.6) is 0 Å². The minimum atomic E-state index is -2.16. The van der Waals surface area contributed by atoms with Gasteiger partial charge in [0.25, 0.3) is 0 Å². The van der Waals surface area contributed by atoms with Crippen molar-refractivity contribution in [1.82, 2.24) is 0 Å². The largest absolute Gasteiger partial charge is 0.495 e. The Hall–Kier alpha value is -1.77. The van der Waals surface area contributed by atoms with Gasteiger partial charge in [0.15, 0.2) is 11.6 Å². The molecule has 4 nitrogen and oxygen atoms in total. The van der Waals surface area contributed by atoms with Gasteiger partial charge in [0.05, 0.1) is 25.7 Å². The number of hydrogen-bond acceptors (Lipinski definition) is 3. The smallest absolute Gasteiger partial charge is 0.481 e. The zero-order valence-electron chi connectivity index (χ0n) is 17.9. The summed E-state index contributed by atoms with van der Waals surface area (Å²) in [5.74, 6) is -2.79.